The average molecular weight is 361 g/mol. The molecule has 8 nitrogen and oxygen atoms in total. The Kier molecular flexibility index (Phi) is 4.29. The molecule has 0 unspecified atom stereocenters. The number of methoxy groups -OCH3 is 1. The van der Waals surface area contributed by atoms with Crippen LogP contribution >= 0.6 is 0 Å². The SMILES string of the molecule is COc1ccc(-c2nc(NCc3cccnc3)nc3nn(C)c(N)c23)cc1. The highest BCUT2D eigenvalue weighted by molar-refractivity contribution is 5.98. The zero-order chi connectivity index (χ0) is 18.8. The van der Waals surface area contributed by atoms with Gasteiger partial charge in [-0.2, -0.15) is 10.1 Å². The van der Waals surface area contributed by atoms with Gasteiger partial charge in [0.15, 0.2) is 5.65 Å². The van der Waals surface area contributed by atoms with E-state index in [0.717, 1.165) is 28.0 Å². The number of ether oxygens (including phenoxy) is 1. The number of hydrogen-bond donors (Lipinski definition) is 2. The minimum atomic E-state index is 0.482. The number of fused-ring (bicyclic) bond motifs is 1. The molecule has 27 heavy (non-hydrogen) atoms. The van der Waals surface area contributed by atoms with Crippen molar-refractivity contribution in [2.75, 3.05) is 18.2 Å². The van der Waals surface area contributed by atoms with Crippen LogP contribution in [0.5, 0.6) is 5.75 Å². The lowest BCUT2D eigenvalue weighted by atomic mass is 10.1. The number of nitrogen functional groups attached to an aromatic ring is 1. The summed E-state index contributed by atoms with van der Waals surface area (Å²) < 4.78 is 6.85. The van der Waals surface area contributed by atoms with Crippen LogP contribution in [0.3, 0.4) is 0 Å². The van der Waals surface area contributed by atoms with Gasteiger partial charge in [0.25, 0.3) is 0 Å². The van der Waals surface area contributed by atoms with Gasteiger partial charge in [-0.3, -0.25) is 9.67 Å². The van der Waals surface area contributed by atoms with Gasteiger partial charge >= 0.3 is 0 Å². The molecule has 0 saturated heterocycles. The predicted octanol–water partition coefficient (Wildman–Crippen LogP) is 2.63. The Labute approximate surface area is 156 Å². The van der Waals surface area contributed by atoms with Crippen LogP contribution in [0.25, 0.3) is 22.3 Å². The first-order chi connectivity index (χ1) is 13.2. The van der Waals surface area contributed by atoms with E-state index >= 15 is 0 Å². The van der Waals surface area contributed by atoms with Crippen molar-refractivity contribution in [3.63, 3.8) is 0 Å². The summed E-state index contributed by atoms with van der Waals surface area (Å²) in [4.78, 5) is 13.3. The van der Waals surface area contributed by atoms with E-state index in [1.54, 1.807) is 31.2 Å². The summed E-state index contributed by atoms with van der Waals surface area (Å²) in [6.45, 7) is 0.559. The molecule has 1 aromatic carbocycles. The zero-order valence-corrected chi connectivity index (χ0v) is 15.0. The maximum absolute atomic E-state index is 6.21. The molecular formula is C19H19N7O. The van der Waals surface area contributed by atoms with Gasteiger partial charge in [0.2, 0.25) is 5.95 Å². The third-order valence-electron chi connectivity index (χ3n) is 4.28. The molecule has 0 bridgehead atoms. The molecule has 0 fully saturated rings. The van der Waals surface area contributed by atoms with Crippen LogP contribution in [0.4, 0.5) is 11.8 Å². The highest BCUT2D eigenvalue weighted by atomic mass is 16.5. The first kappa shape index (κ1) is 16.8. The fourth-order valence-corrected chi connectivity index (χ4v) is 2.84. The Morgan fingerprint density at radius 3 is 2.67 bits per heavy atom. The van der Waals surface area contributed by atoms with Crippen molar-refractivity contribution in [3.05, 3.63) is 54.4 Å². The first-order valence-corrected chi connectivity index (χ1v) is 8.43. The molecule has 0 amide bonds. The minimum Gasteiger partial charge on any atom is -0.497 e. The highest BCUT2D eigenvalue weighted by Crippen LogP contribution is 2.31. The fraction of sp³-hybridized carbons (Fsp3) is 0.158. The lowest BCUT2D eigenvalue weighted by Gasteiger charge is -2.09. The van der Waals surface area contributed by atoms with Crippen molar-refractivity contribution in [1.29, 1.82) is 0 Å². The maximum atomic E-state index is 6.21. The van der Waals surface area contributed by atoms with Crippen LogP contribution in [0.15, 0.2) is 48.8 Å². The van der Waals surface area contributed by atoms with Gasteiger partial charge in [-0.05, 0) is 35.9 Å². The number of nitrogens with zero attached hydrogens (tertiary/aromatic N) is 5. The number of benzene rings is 1. The molecule has 4 rings (SSSR count). The van der Waals surface area contributed by atoms with Gasteiger partial charge in [0.05, 0.1) is 18.2 Å². The van der Waals surface area contributed by atoms with Gasteiger partial charge in [-0.1, -0.05) is 6.07 Å². The molecule has 4 aromatic rings. The second-order valence-electron chi connectivity index (χ2n) is 6.05. The van der Waals surface area contributed by atoms with E-state index in [0.29, 0.717) is 24.0 Å². The summed E-state index contributed by atoms with van der Waals surface area (Å²) in [5.41, 5.74) is 9.43. The number of nitrogens with two attached hydrogens (primary N) is 1. The van der Waals surface area contributed by atoms with Crippen molar-refractivity contribution in [1.82, 2.24) is 24.7 Å². The first-order valence-electron chi connectivity index (χ1n) is 8.43. The molecule has 136 valence electrons. The number of hydrogen-bond acceptors (Lipinski definition) is 7. The Morgan fingerprint density at radius 1 is 1.15 bits per heavy atom. The fourth-order valence-electron chi connectivity index (χ4n) is 2.84. The van der Waals surface area contributed by atoms with Crippen molar-refractivity contribution in [2.24, 2.45) is 7.05 Å². The number of pyridine rings is 1. The van der Waals surface area contributed by atoms with E-state index < -0.39 is 0 Å². The largest absolute Gasteiger partial charge is 0.497 e. The van der Waals surface area contributed by atoms with E-state index in [-0.39, 0.29) is 0 Å². The Morgan fingerprint density at radius 2 is 1.96 bits per heavy atom. The quantitative estimate of drug-likeness (QED) is 0.563. The van der Waals surface area contributed by atoms with Gasteiger partial charge in [0, 0.05) is 31.5 Å². The number of rotatable bonds is 5. The van der Waals surface area contributed by atoms with Crippen LogP contribution in [0.2, 0.25) is 0 Å². The predicted molar refractivity (Wildman–Crippen MR) is 104 cm³/mol. The second-order valence-corrected chi connectivity index (χ2v) is 6.05. The average Bonchev–Trinajstić information content (AvgIpc) is 3.00. The van der Waals surface area contributed by atoms with E-state index in [1.807, 2.05) is 36.4 Å². The van der Waals surface area contributed by atoms with Gasteiger partial charge in [0.1, 0.15) is 11.6 Å². The van der Waals surface area contributed by atoms with Crippen LogP contribution in [0, 0.1) is 0 Å². The topological polar surface area (TPSA) is 104 Å². The van der Waals surface area contributed by atoms with E-state index in [1.165, 1.54) is 0 Å². The van der Waals surface area contributed by atoms with Gasteiger partial charge < -0.3 is 15.8 Å². The second kappa shape index (κ2) is 6.91. The standard InChI is InChI=1S/C19H19N7O/c1-26-17(20)15-16(13-5-7-14(27-2)8-6-13)23-19(24-18(15)25-26)22-11-12-4-3-9-21-10-12/h3-10H,11,20H2,1-2H3,(H,22,24,25). The summed E-state index contributed by atoms with van der Waals surface area (Å²) in [6.07, 6.45) is 3.54. The summed E-state index contributed by atoms with van der Waals surface area (Å²) >= 11 is 0. The lowest BCUT2D eigenvalue weighted by Crippen LogP contribution is -2.05. The molecule has 8 heteroatoms. The third kappa shape index (κ3) is 3.24. The molecule has 0 aliphatic heterocycles. The van der Waals surface area contributed by atoms with Crippen molar-refractivity contribution in [2.45, 2.75) is 6.54 Å². The minimum absolute atomic E-state index is 0.482. The Balaban J connectivity index is 1.77. The van der Waals surface area contributed by atoms with E-state index in [2.05, 4.69) is 20.4 Å². The molecule has 0 aliphatic carbocycles. The molecule has 0 atom stereocenters. The van der Waals surface area contributed by atoms with Crippen LogP contribution in [-0.4, -0.2) is 31.8 Å². The Bertz CT molecular complexity index is 1070. The summed E-state index contributed by atoms with van der Waals surface area (Å²) in [5.74, 6) is 1.78. The van der Waals surface area contributed by atoms with Gasteiger partial charge in [-0.15, -0.1) is 0 Å². The smallest absolute Gasteiger partial charge is 0.225 e. The van der Waals surface area contributed by atoms with E-state index in [9.17, 15) is 0 Å². The number of aromatic nitrogens is 5. The summed E-state index contributed by atoms with van der Waals surface area (Å²) in [5, 5.41) is 8.38. The Hall–Kier alpha value is -3.68. The van der Waals surface area contributed by atoms with Crippen molar-refractivity contribution < 1.29 is 4.74 Å². The molecular weight excluding hydrogens is 342 g/mol. The number of aryl methyl sites for hydroxylation is 1. The van der Waals surface area contributed by atoms with Crippen molar-refractivity contribution in [3.8, 4) is 17.0 Å². The summed E-state index contributed by atoms with van der Waals surface area (Å²) in [6, 6.07) is 11.5. The molecule has 3 heterocycles. The third-order valence-corrected chi connectivity index (χ3v) is 4.28. The highest BCUT2D eigenvalue weighted by Gasteiger charge is 2.17. The lowest BCUT2D eigenvalue weighted by molar-refractivity contribution is 0.415. The molecule has 0 aliphatic rings. The van der Waals surface area contributed by atoms with Crippen molar-refractivity contribution >= 4 is 22.8 Å². The molecule has 0 spiro atoms. The zero-order valence-electron chi connectivity index (χ0n) is 15.0. The molecule has 3 aromatic heterocycles. The van der Waals surface area contributed by atoms with Gasteiger partial charge in [-0.25, -0.2) is 4.98 Å². The van der Waals surface area contributed by atoms with E-state index in [4.69, 9.17) is 15.5 Å². The number of anilines is 2. The monoisotopic (exact) mass is 361 g/mol. The van der Waals surface area contributed by atoms with Crippen LogP contribution in [-0.2, 0) is 13.6 Å². The normalized spacial score (nSPS) is 10.9. The molecule has 3 N–H and O–H groups in total. The van der Waals surface area contributed by atoms with Crippen LogP contribution < -0.4 is 15.8 Å². The number of nitrogens with one attached hydrogen (secondary N) is 1. The summed E-state index contributed by atoms with van der Waals surface area (Å²) in [7, 11) is 3.43. The van der Waals surface area contributed by atoms with Crippen LogP contribution in [0.1, 0.15) is 5.56 Å². The molecule has 0 radical (unpaired) electrons. The molecule has 0 saturated carbocycles. The maximum Gasteiger partial charge on any atom is 0.225 e.